The zero-order valence-electron chi connectivity index (χ0n) is 9.47. The Hall–Kier alpha value is -0.860. The van der Waals surface area contributed by atoms with Crippen LogP contribution < -0.4 is 5.32 Å². The van der Waals surface area contributed by atoms with Crippen molar-refractivity contribution in [1.82, 2.24) is 5.32 Å². The van der Waals surface area contributed by atoms with Gasteiger partial charge in [-0.25, -0.2) is 4.39 Å². The lowest BCUT2D eigenvalue weighted by molar-refractivity contribution is 0.557. The van der Waals surface area contributed by atoms with Crippen molar-refractivity contribution >= 4 is 11.6 Å². The van der Waals surface area contributed by atoms with Crippen LogP contribution in [0.15, 0.2) is 30.9 Å². The summed E-state index contributed by atoms with van der Waals surface area (Å²) >= 11 is 5.96. The maximum atomic E-state index is 13.5. The minimum Gasteiger partial charge on any atom is -0.310 e. The van der Waals surface area contributed by atoms with Crippen LogP contribution in [0.2, 0.25) is 5.02 Å². The van der Waals surface area contributed by atoms with Crippen molar-refractivity contribution in [2.75, 3.05) is 6.54 Å². The lowest BCUT2D eigenvalue weighted by Gasteiger charge is -2.15. The fraction of sp³-hybridized carbons (Fsp3) is 0.385. The van der Waals surface area contributed by atoms with Crippen molar-refractivity contribution in [3.05, 3.63) is 47.3 Å². The fourth-order valence-electron chi connectivity index (χ4n) is 1.52. The molecule has 0 aliphatic rings. The predicted octanol–water partition coefficient (Wildman–Crippen LogP) is 3.58. The van der Waals surface area contributed by atoms with Gasteiger partial charge in [0.05, 0.1) is 0 Å². The van der Waals surface area contributed by atoms with Crippen LogP contribution >= 0.6 is 11.6 Å². The summed E-state index contributed by atoms with van der Waals surface area (Å²) in [5.41, 5.74) is 0.553. The van der Waals surface area contributed by atoms with Crippen LogP contribution in [-0.4, -0.2) is 12.6 Å². The molecule has 0 bridgehead atoms. The summed E-state index contributed by atoms with van der Waals surface area (Å²) in [7, 11) is 0. The molecule has 3 heteroatoms. The van der Waals surface area contributed by atoms with Crippen LogP contribution in [0.25, 0.3) is 0 Å². The van der Waals surface area contributed by atoms with E-state index in [1.54, 1.807) is 18.2 Å². The first-order valence-electron chi connectivity index (χ1n) is 5.47. The maximum absolute atomic E-state index is 13.5. The van der Waals surface area contributed by atoms with E-state index >= 15 is 0 Å². The molecule has 0 saturated heterocycles. The van der Waals surface area contributed by atoms with Crippen LogP contribution in [0.5, 0.6) is 0 Å². The van der Waals surface area contributed by atoms with E-state index < -0.39 is 0 Å². The van der Waals surface area contributed by atoms with Crippen molar-refractivity contribution in [1.29, 1.82) is 0 Å². The summed E-state index contributed by atoms with van der Waals surface area (Å²) in [6.07, 6.45) is 3.36. The summed E-state index contributed by atoms with van der Waals surface area (Å²) in [6, 6.07) is 4.82. The van der Waals surface area contributed by atoms with Gasteiger partial charge in [-0.05, 0) is 31.5 Å². The molecule has 1 N–H and O–H groups in total. The van der Waals surface area contributed by atoms with Gasteiger partial charge < -0.3 is 5.32 Å². The molecule has 16 heavy (non-hydrogen) atoms. The standard InChI is InChI=1S/C13H17ClFN/c1-3-8-16-10(4-2)9-11-12(14)6-5-7-13(11)15/h4-7,10,16H,2-3,8-9H2,1H3. The van der Waals surface area contributed by atoms with Crippen LogP contribution in [0.4, 0.5) is 4.39 Å². The molecule has 1 aromatic carbocycles. The van der Waals surface area contributed by atoms with E-state index in [1.807, 2.05) is 0 Å². The number of halogens is 2. The molecule has 0 aliphatic carbocycles. The van der Waals surface area contributed by atoms with Gasteiger partial charge in [0, 0.05) is 16.6 Å². The molecule has 0 radical (unpaired) electrons. The minimum absolute atomic E-state index is 0.0642. The van der Waals surface area contributed by atoms with E-state index in [1.165, 1.54) is 6.07 Å². The van der Waals surface area contributed by atoms with Crippen LogP contribution in [-0.2, 0) is 6.42 Å². The number of hydrogen-bond acceptors (Lipinski definition) is 1. The normalized spacial score (nSPS) is 12.4. The molecular formula is C13H17ClFN. The van der Waals surface area contributed by atoms with Gasteiger partial charge in [0.1, 0.15) is 5.82 Å². The molecule has 88 valence electrons. The maximum Gasteiger partial charge on any atom is 0.127 e. The Bertz CT molecular complexity index is 332. The van der Waals surface area contributed by atoms with Crippen molar-refractivity contribution in [2.24, 2.45) is 0 Å². The Labute approximate surface area is 101 Å². The first-order valence-corrected chi connectivity index (χ1v) is 5.85. The van der Waals surface area contributed by atoms with E-state index in [-0.39, 0.29) is 11.9 Å². The summed E-state index contributed by atoms with van der Waals surface area (Å²) in [6.45, 7) is 6.72. The number of rotatable bonds is 6. The molecule has 1 unspecified atom stereocenters. The molecular weight excluding hydrogens is 225 g/mol. The van der Waals surface area contributed by atoms with E-state index in [0.717, 1.165) is 13.0 Å². The minimum atomic E-state index is -0.252. The van der Waals surface area contributed by atoms with Crippen LogP contribution in [0.1, 0.15) is 18.9 Å². The first-order chi connectivity index (χ1) is 7.69. The highest BCUT2D eigenvalue weighted by atomic mass is 35.5. The second kappa shape index (κ2) is 6.66. The van der Waals surface area contributed by atoms with Gasteiger partial charge in [0.15, 0.2) is 0 Å². The highest BCUT2D eigenvalue weighted by molar-refractivity contribution is 6.31. The third-order valence-corrected chi connectivity index (χ3v) is 2.78. The predicted molar refractivity (Wildman–Crippen MR) is 67.4 cm³/mol. The lowest BCUT2D eigenvalue weighted by Crippen LogP contribution is -2.30. The van der Waals surface area contributed by atoms with Gasteiger partial charge in [-0.3, -0.25) is 0 Å². The Morgan fingerprint density at radius 2 is 2.31 bits per heavy atom. The van der Waals surface area contributed by atoms with Gasteiger partial charge in [-0.2, -0.15) is 0 Å². The highest BCUT2D eigenvalue weighted by Gasteiger charge is 2.11. The molecule has 0 fully saturated rings. The molecule has 1 rings (SSSR count). The Kier molecular flexibility index (Phi) is 5.50. The molecule has 1 aromatic rings. The number of nitrogens with one attached hydrogen (secondary N) is 1. The van der Waals surface area contributed by atoms with Crippen molar-refractivity contribution in [3.63, 3.8) is 0 Å². The molecule has 0 amide bonds. The average Bonchev–Trinajstić information content (AvgIpc) is 2.28. The zero-order chi connectivity index (χ0) is 12.0. The van der Waals surface area contributed by atoms with E-state index in [4.69, 9.17) is 11.6 Å². The van der Waals surface area contributed by atoms with E-state index in [0.29, 0.717) is 17.0 Å². The average molecular weight is 242 g/mol. The molecule has 0 aliphatic heterocycles. The van der Waals surface area contributed by atoms with Gasteiger partial charge in [-0.15, -0.1) is 6.58 Å². The van der Waals surface area contributed by atoms with Crippen LogP contribution in [0, 0.1) is 5.82 Å². The van der Waals surface area contributed by atoms with E-state index in [9.17, 15) is 4.39 Å². The van der Waals surface area contributed by atoms with Gasteiger partial charge in [0.2, 0.25) is 0 Å². The smallest absolute Gasteiger partial charge is 0.127 e. The monoisotopic (exact) mass is 241 g/mol. The molecule has 1 atom stereocenters. The molecule has 0 spiro atoms. The van der Waals surface area contributed by atoms with Crippen molar-refractivity contribution in [2.45, 2.75) is 25.8 Å². The Morgan fingerprint density at radius 1 is 1.56 bits per heavy atom. The van der Waals surface area contributed by atoms with Gasteiger partial charge >= 0.3 is 0 Å². The molecule has 0 aromatic heterocycles. The molecule has 0 heterocycles. The Balaban J connectivity index is 2.73. The largest absolute Gasteiger partial charge is 0.310 e. The zero-order valence-corrected chi connectivity index (χ0v) is 10.2. The SMILES string of the molecule is C=CC(Cc1c(F)cccc1Cl)NCCC. The van der Waals surface area contributed by atoms with Crippen LogP contribution in [0.3, 0.4) is 0 Å². The summed E-state index contributed by atoms with van der Waals surface area (Å²) in [5.74, 6) is -0.252. The summed E-state index contributed by atoms with van der Waals surface area (Å²) in [5, 5.41) is 3.76. The van der Waals surface area contributed by atoms with Crippen molar-refractivity contribution in [3.8, 4) is 0 Å². The summed E-state index contributed by atoms with van der Waals surface area (Å²) in [4.78, 5) is 0. The second-order valence-electron chi connectivity index (χ2n) is 3.70. The van der Waals surface area contributed by atoms with Gasteiger partial charge in [-0.1, -0.05) is 30.7 Å². The Morgan fingerprint density at radius 3 is 2.88 bits per heavy atom. The fourth-order valence-corrected chi connectivity index (χ4v) is 1.76. The lowest BCUT2D eigenvalue weighted by atomic mass is 10.1. The summed E-state index contributed by atoms with van der Waals surface area (Å²) < 4.78 is 13.5. The molecule has 0 saturated carbocycles. The first kappa shape index (κ1) is 13.2. The van der Waals surface area contributed by atoms with Crippen molar-refractivity contribution < 1.29 is 4.39 Å². The topological polar surface area (TPSA) is 12.0 Å². The molecule has 1 nitrogen and oxygen atoms in total. The third-order valence-electron chi connectivity index (χ3n) is 2.43. The number of hydrogen-bond donors (Lipinski definition) is 1. The third kappa shape index (κ3) is 3.62. The van der Waals surface area contributed by atoms with E-state index in [2.05, 4.69) is 18.8 Å². The second-order valence-corrected chi connectivity index (χ2v) is 4.11. The quantitative estimate of drug-likeness (QED) is 0.751. The highest BCUT2D eigenvalue weighted by Crippen LogP contribution is 2.20. The number of benzene rings is 1. The van der Waals surface area contributed by atoms with Gasteiger partial charge in [0.25, 0.3) is 0 Å².